The van der Waals surface area contributed by atoms with Crippen molar-refractivity contribution in [2.24, 2.45) is 5.92 Å². The van der Waals surface area contributed by atoms with Gasteiger partial charge < -0.3 is 0 Å². The van der Waals surface area contributed by atoms with Gasteiger partial charge in [-0.3, -0.25) is 4.79 Å². The van der Waals surface area contributed by atoms with Crippen LogP contribution in [0.1, 0.15) is 24.2 Å². The first-order chi connectivity index (χ1) is 5.22. The third-order valence-electron chi connectivity index (χ3n) is 1.53. The molecular formula is C10H11OY-. The number of hydrogen-bond acceptors (Lipinski definition) is 1. The molecule has 61 valence electrons. The molecule has 0 aliphatic rings. The Hall–Kier alpha value is -0.00610. The minimum Gasteiger partial charge on any atom is -0.296 e. The molecule has 2 heteroatoms. The van der Waals surface area contributed by atoms with E-state index in [0.29, 0.717) is 0 Å². The summed E-state index contributed by atoms with van der Waals surface area (Å²) in [6, 6.07) is 9.98. The van der Waals surface area contributed by atoms with Gasteiger partial charge in [-0.1, -0.05) is 19.4 Å². The Morgan fingerprint density at radius 1 is 1.33 bits per heavy atom. The van der Waals surface area contributed by atoms with Crippen molar-refractivity contribution in [3.05, 3.63) is 35.9 Å². The summed E-state index contributed by atoms with van der Waals surface area (Å²) in [7, 11) is 0. The molecule has 0 saturated heterocycles. The Morgan fingerprint density at radius 3 is 2.25 bits per heavy atom. The Morgan fingerprint density at radius 2 is 1.83 bits per heavy atom. The van der Waals surface area contributed by atoms with E-state index in [0.717, 1.165) is 5.56 Å². The van der Waals surface area contributed by atoms with Crippen LogP contribution in [0.25, 0.3) is 0 Å². The van der Waals surface area contributed by atoms with Crippen molar-refractivity contribution in [1.29, 1.82) is 0 Å². The van der Waals surface area contributed by atoms with Crippen LogP contribution >= 0.6 is 0 Å². The topological polar surface area (TPSA) is 17.1 Å². The van der Waals surface area contributed by atoms with Crippen LogP contribution in [0.2, 0.25) is 0 Å². The fourth-order valence-electron chi connectivity index (χ4n) is 0.884. The zero-order valence-electron chi connectivity index (χ0n) is 7.37. The van der Waals surface area contributed by atoms with Gasteiger partial charge in [-0.25, -0.2) is 0 Å². The van der Waals surface area contributed by atoms with Crippen LogP contribution in [0.15, 0.2) is 24.3 Å². The molecule has 0 spiro atoms. The van der Waals surface area contributed by atoms with Gasteiger partial charge >= 0.3 is 0 Å². The summed E-state index contributed by atoms with van der Waals surface area (Å²) in [6.07, 6.45) is 0. The van der Waals surface area contributed by atoms with E-state index in [1.165, 1.54) is 0 Å². The minimum absolute atomic E-state index is 0. The molecule has 1 rings (SSSR count). The standard InChI is InChI=1S/C10H11O.Y/c1-8(2)10(11)9-6-4-3-5-7-9;/h4-8H,1-2H3;/q-1;. The minimum atomic E-state index is 0. The molecule has 0 aliphatic heterocycles. The Labute approximate surface area is 98.4 Å². The molecule has 12 heavy (non-hydrogen) atoms. The summed E-state index contributed by atoms with van der Waals surface area (Å²) in [5.41, 5.74) is 0.777. The molecule has 0 unspecified atom stereocenters. The maximum absolute atomic E-state index is 11.3. The van der Waals surface area contributed by atoms with Crippen LogP contribution in [-0.4, -0.2) is 5.78 Å². The van der Waals surface area contributed by atoms with Crippen molar-refractivity contribution in [3.8, 4) is 0 Å². The van der Waals surface area contributed by atoms with Gasteiger partial charge in [0, 0.05) is 38.6 Å². The van der Waals surface area contributed by atoms with Gasteiger partial charge in [-0.2, -0.15) is 30.3 Å². The van der Waals surface area contributed by atoms with Crippen molar-refractivity contribution in [2.75, 3.05) is 0 Å². The first-order valence-electron chi connectivity index (χ1n) is 3.72. The van der Waals surface area contributed by atoms with Gasteiger partial charge in [0.25, 0.3) is 0 Å². The van der Waals surface area contributed by atoms with Crippen LogP contribution in [-0.2, 0) is 32.7 Å². The molecule has 1 nitrogen and oxygen atoms in total. The molecule has 0 aliphatic carbocycles. The number of hydrogen-bond donors (Lipinski definition) is 0. The third-order valence-corrected chi connectivity index (χ3v) is 1.53. The maximum atomic E-state index is 11.3. The van der Waals surface area contributed by atoms with Crippen molar-refractivity contribution in [2.45, 2.75) is 13.8 Å². The van der Waals surface area contributed by atoms with Gasteiger partial charge in [0.05, 0.1) is 0 Å². The van der Waals surface area contributed by atoms with E-state index in [9.17, 15) is 4.79 Å². The largest absolute Gasteiger partial charge is 0.296 e. The van der Waals surface area contributed by atoms with E-state index in [-0.39, 0.29) is 44.4 Å². The number of carbonyl (C=O) groups is 1. The monoisotopic (exact) mass is 236 g/mol. The second kappa shape index (κ2) is 5.61. The van der Waals surface area contributed by atoms with Crippen LogP contribution in [0.5, 0.6) is 0 Å². The van der Waals surface area contributed by atoms with E-state index >= 15 is 0 Å². The predicted molar refractivity (Wildman–Crippen MR) is 44.4 cm³/mol. The van der Waals surface area contributed by atoms with Crippen LogP contribution < -0.4 is 0 Å². The summed E-state index contributed by atoms with van der Waals surface area (Å²) in [5, 5.41) is 0. The molecule has 0 atom stereocenters. The maximum Gasteiger partial charge on any atom is 0.141 e. The van der Waals surface area contributed by atoms with Crippen LogP contribution in [0.3, 0.4) is 0 Å². The first-order valence-corrected chi connectivity index (χ1v) is 3.72. The molecule has 0 amide bonds. The summed E-state index contributed by atoms with van der Waals surface area (Å²) in [6.45, 7) is 3.80. The fourth-order valence-corrected chi connectivity index (χ4v) is 0.884. The van der Waals surface area contributed by atoms with E-state index in [2.05, 4.69) is 6.07 Å². The first kappa shape index (κ1) is 12.0. The van der Waals surface area contributed by atoms with E-state index < -0.39 is 0 Å². The van der Waals surface area contributed by atoms with Gasteiger partial charge in [0.1, 0.15) is 5.78 Å². The Balaban J connectivity index is 0.00000121. The summed E-state index contributed by atoms with van der Waals surface area (Å²) in [5.74, 6) is 0.274. The van der Waals surface area contributed by atoms with Gasteiger partial charge in [0.2, 0.25) is 0 Å². The van der Waals surface area contributed by atoms with Crippen LogP contribution in [0.4, 0.5) is 0 Å². The summed E-state index contributed by atoms with van der Waals surface area (Å²) < 4.78 is 0. The molecule has 0 saturated carbocycles. The van der Waals surface area contributed by atoms with Crippen molar-refractivity contribution in [1.82, 2.24) is 0 Å². The molecular weight excluding hydrogens is 225 g/mol. The SMILES string of the molecule is CC(C)C(=O)c1cc[c-]cc1.[Y]. The summed E-state index contributed by atoms with van der Waals surface area (Å²) >= 11 is 0. The molecule has 1 aromatic rings. The van der Waals surface area contributed by atoms with Gasteiger partial charge in [-0.15, -0.1) is 0 Å². The molecule has 1 aromatic carbocycles. The number of rotatable bonds is 2. The van der Waals surface area contributed by atoms with E-state index in [4.69, 9.17) is 0 Å². The smallest absolute Gasteiger partial charge is 0.141 e. The Bertz CT molecular complexity index is 241. The second-order valence-electron chi connectivity index (χ2n) is 2.81. The zero-order valence-corrected chi connectivity index (χ0v) is 10.2. The number of Topliss-reactive ketones (excluding diaryl/α,β-unsaturated/α-hetero) is 1. The van der Waals surface area contributed by atoms with Gasteiger partial charge in [0.15, 0.2) is 0 Å². The second-order valence-corrected chi connectivity index (χ2v) is 2.81. The normalized spacial score (nSPS) is 9.25. The molecule has 0 heterocycles. The quantitative estimate of drug-likeness (QED) is 0.569. The molecule has 0 bridgehead atoms. The average molecular weight is 236 g/mol. The molecule has 0 aromatic heterocycles. The molecule has 1 radical (unpaired) electrons. The predicted octanol–water partition coefficient (Wildman–Crippen LogP) is 2.32. The number of benzene rings is 1. The zero-order chi connectivity index (χ0) is 8.27. The summed E-state index contributed by atoms with van der Waals surface area (Å²) in [4.78, 5) is 11.3. The number of ketones is 1. The van der Waals surface area contributed by atoms with E-state index in [1.807, 2.05) is 13.8 Å². The third kappa shape index (κ3) is 3.16. The van der Waals surface area contributed by atoms with Crippen molar-refractivity contribution in [3.63, 3.8) is 0 Å². The molecule has 0 N–H and O–H groups in total. The Kier molecular flexibility index (Phi) is 5.60. The average Bonchev–Trinajstić information content (AvgIpc) is 2.05. The van der Waals surface area contributed by atoms with Gasteiger partial charge in [-0.05, 0) is 0 Å². The van der Waals surface area contributed by atoms with E-state index in [1.54, 1.807) is 24.3 Å². The van der Waals surface area contributed by atoms with Crippen molar-refractivity contribution >= 4 is 5.78 Å². The number of carbonyl (C=O) groups excluding carboxylic acids is 1. The van der Waals surface area contributed by atoms with Crippen molar-refractivity contribution < 1.29 is 37.5 Å². The molecule has 0 fully saturated rings. The fraction of sp³-hybridized carbons (Fsp3) is 0.300. The van der Waals surface area contributed by atoms with Crippen LogP contribution in [0, 0.1) is 12.0 Å².